The van der Waals surface area contributed by atoms with Crippen LogP contribution in [0.25, 0.3) is 50.7 Å². The quantitative estimate of drug-likeness (QED) is 0.147. The minimum absolute atomic E-state index is 0.532. The molecule has 0 atom stereocenters. The maximum absolute atomic E-state index is 5.93. The molecule has 0 aliphatic rings. The van der Waals surface area contributed by atoms with Crippen LogP contribution in [0.5, 0.6) is 0 Å². The fraction of sp³-hybridized carbons (Fsp3) is 0. The Balaban J connectivity index is 0.925. The van der Waals surface area contributed by atoms with Crippen molar-refractivity contribution in [3.63, 3.8) is 0 Å². The van der Waals surface area contributed by atoms with Gasteiger partial charge in [0.25, 0.3) is 0 Å². The van der Waals surface area contributed by atoms with Crippen LogP contribution in [-0.2, 0) is 0 Å². The first-order valence-electron chi connectivity index (χ1n) is 18.4. The van der Waals surface area contributed by atoms with Gasteiger partial charge in [-0.1, -0.05) is 72.8 Å². The first-order valence-corrected chi connectivity index (χ1v) is 18.4. The van der Waals surface area contributed by atoms with Crippen molar-refractivity contribution >= 4 is 51.1 Å². The van der Waals surface area contributed by atoms with Crippen molar-refractivity contribution < 1.29 is 4.42 Å². The maximum atomic E-state index is 5.93. The Labute approximate surface area is 323 Å². The second kappa shape index (κ2) is 14.2. The molecule has 10 rings (SSSR count). The number of fused-ring (bicyclic) bond motifs is 2. The van der Waals surface area contributed by atoms with Crippen LogP contribution in [0.3, 0.4) is 0 Å². The van der Waals surface area contributed by atoms with Crippen LogP contribution < -0.4 is 9.80 Å². The molecular weight excluding hydrogens is 691 g/mol. The molecule has 0 amide bonds. The Kier molecular flexibility index (Phi) is 8.31. The zero-order valence-corrected chi connectivity index (χ0v) is 30.1. The highest BCUT2D eigenvalue weighted by atomic mass is 16.4. The van der Waals surface area contributed by atoms with Gasteiger partial charge in [0.2, 0.25) is 17.4 Å². The lowest BCUT2D eigenvalue weighted by Gasteiger charge is -2.26. The van der Waals surface area contributed by atoms with Crippen LogP contribution in [0.4, 0.5) is 34.1 Å². The molecule has 6 aromatic carbocycles. The van der Waals surface area contributed by atoms with Crippen LogP contribution in [-0.4, -0.2) is 24.3 Å². The number of hydrogen-bond donors (Lipinski definition) is 0. The molecule has 0 N–H and O–H groups in total. The van der Waals surface area contributed by atoms with E-state index in [2.05, 4.69) is 169 Å². The SMILES string of the molecule is c1ccc(N(c2ccc(-c3ccc(N(c4ccccc4)c4ccc(-c5nc6cccnc6o5)cc4)cc3)cc2)c2ccc(-c3cnc4nccn4c3)cc2)cc1. The van der Waals surface area contributed by atoms with E-state index in [0.29, 0.717) is 17.4 Å². The number of hydrogen-bond acceptors (Lipinski definition) is 7. The summed E-state index contributed by atoms with van der Waals surface area (Å²) < 4.78 is 7.87. The molecule has 0 aliphatic carbocycles. The van der Waals surface area contributed by atoms with Crippen LogP contribution in [0, 0.1) is 0 Å². The van der Waals surface area contributed by atoms with Crippen molar-refractivity contribution in [1.82, 2.24) is 24.3 Å². The van der Waals surface area contributed by atoms with E-state index in [4.69, 9.17) is 4.42 Å². The van der Waals surface area contributed by atoms with Crippen molar-refractivity contribution in [3.05, 3.63) is 201 Å². The number of nitrogens with zero attached hydrogens (tertiary/aromatic N) is 7. The summed E-state index contributed by atoms with van der Waals surface area (Å²) in [6.07, 6.45) is 9.31. The van der Waals surface area contributed by atoms with Crippen molar-refractivity contribution in [2.45, 2.75) is 0 Å². The van der Waals surface area contributed by atoms with Gasteiger partial charge in [0, 0.05) is 76.2 Å². The molecule has 8 nitrogen and oxygen atoms in total. The topological polar surface area (TPSA) is 75.6 Å². The minimum atomic E-state index is 0.532. The molecule has 56 heavy (non-hydrogen) atoms. The number of aromatic nitrogens is 5. The number of benzene rings is 6. The predicted octanol–water partition coefficient (Wildman–Crippen LogP) is 12.2. The lowest BCUT2D eigenvalue weighted by atomic mass is 10.0. The minimum Gasteiger partial charge on any atom is -0.418 e. The third kappa shape index (κ3) is 6.31. The first kappa shape index (κ1) is 32.8. The van der Waals surface area contributed by atoms with E-state index in [0.717, 1.165) is 67.5 Å². The molecule has 8 heteroatoms. The molecule has 0 fully saturated rings. The van der Waals surface area contributed by atoms with Crippen molar-refractivity contribution in [2.75, 3.05) is 9.80 Å². The summed E-state index contributed by atoms with van der Waals surface area (Å²) in [6.45, 7) is 0. The first-order chi connectivity index (χ1) is 27.7. The van der Waals surface area contributed by atoms with E-state index < -0.39 is 0 Å². The summed E-state index contributed by atoms with van der Waals surface area (Å²) in [5, 5.41) is 0. The second-order valence-electron chi connectivity index (χ2n) is 13.4. The maximum Gasteiger partial charge on any atom is 0.247 e. The zero-order chi connectivity index (χ0) is 37.3. The Morgan fingerprint density at radius 2 is 0.893 bits per heavy atom. The van der Waals surface area contributed by atoms with Gasteiger partial charge in [-0.25, -0.2) is 19.9 Å². The van der Waals surface area contributed by atoms with E-state index in [9.17, 15) is 0 Å². The van der Waals surface area contributed by atoms with Crippen LogP contribution in [0.15, 0.2) is 205 Å². The monoisotopic (exact) mass is 723 g/mol. The second-order valence-corrected chi connectivity index (χ2v) is 13.4. The number of anilines is 6. The molecule has 266 valence electrons. The van der Waals surface area contributed by atoms with Crippen molar-refractivity contribution in [3.8, 4) is 33.7 Å². The van der Waals surface area contributed by atoms with Gasteiger partial charge in [0.15, 0.2) is 0 Å². The lowest BCUT2D eigenvalue weighted by Crippen LogP contribution is -2.10. The van der Waals surface area contributed by atoms with Gasteiger partial charge in [0.1, 0.15) is 5.52 Å². The van der Waals surface area contributed by atoms with Crippen molar-refractivity contribution in [2.24, 2.45) is 0 Å². The summed E-state index contributed by atoms with van der Waals surface area (Å²) in [7, 11) is 0. The fourth-order valence-corrected chi connectivity index (χ4v) is 7.07. The third-order valence-electron chi connectivity index (χ3n) is 9.86. The number of pyridine rings is 1. The Morgan fingerprint density at radius 1 is 0.411 bits per heavy atom. The highest BCUT2D eigenvalue weighted by Crippen LogP contribution is 2.39. The van der Waals surface area contributed by atoms with Gasteiger partial charge in [0.05, 0.1) is 0 Å². The number of rotatable bonds is 9. The lowest BCUT2D eigenvalue weighted by molar-refractivity contribution is 0.608. The summed E-state index contributed by atoms with van der Waals surface area (Å²) in [5.41, 5.74) is 12.9. The number of oxazole rings is 1. The van der Waals surface area contributed by atoms with Crippen LogP contribution >= 0.6 is 0 Å². The predicted molar refractivity (Wildman–Crippen MR) is 224 cm³/mol. The highest BCUT2D eigenvalue weighted by molar-refractivity contribution is 5.82. The fourth-order valence-electron chi connectivity index (χ4n) is 7.07. The molecule has 10 aromatic rings. The van der Waals surface area contributed by atoms with Crippen LogP contribution in [0.2, 0.25) is 0 Å². The largest absolute Gasteiger partial charge is 0.418 e. The molecule has 0 saturated carbocycles. The summed E-state index contributed by atoms with van der Waals surface area (Å²) >= 11 is 0. The molecule has 0 radical (unpaired) electrons. The average molecular weight is 724 g/mol. The van der Waals surface area contributed by atoms with E-state index in [-0.39, 0.29) is 0 Å². The molecule has 4 heterocycles. The van der Waals surface area contributed by atoms with Gasteiger partial charge < -0.3 is 14.2 Å². The molecule has 0 spiro atoms. The molecule has 0 unspecified atom stereocenters. The summed E-state index contributed by atoms with van der Waals surface area (Å²) in [4.78, 5) is 22.2. The zero-order valence-electron chi connectivity index (χ0n) is 30.1. The standard InChI is InChI=1S/C48H33N7O/c1-3-8-39(9-4-1)54(43-25-17-36(18-26-43)38-32-51-48-50-30-31-53(48)33-38)41-21-13-34(14-22-41)35-15-23-42(24-16-35)55(40-10-5-2-6-11-40)44-27-19-37(20-28-44)46-52-45-12-7-29-49-47(45)56-46/h1-33H. The van der Waals surface area contributed by atoms with E-state index >= 15 is 0 Å². The van der Waals surface area contributed by atoms with E-state index in [1.165, 1.54) is 0 Å². The van der Waals surface area contributed by atoms with E-state index in [1.807, 2.05) is 53.2 Å². The molecule has 4 aromatic heterocycles. The molecule has 0 bridgehead atoms. The number of para-hydroxylation sites is 2. The molecule has 0 aliphatic heterocycles. The Morgan fingerprint density at radius 3 is 1.41 bits per heavy atom. The van der Waals surface area contributed by atoms with E-state index in [1.54, 1.807) is 12.4 Å². The van der Waals surface area contributed by atoms with Gasteiger partial charge in [-0.15, -0.1) is 0 Å². The third-order valence-corrected chi connectivity index (χ3v) is 9.86. The van der Waals surface area contributed by atoms with Gasteiger partial charge in [-0.3, -0.25) is 4.40 Å². The Bertz CT molecular complexity index is 2720. The Hall–Kier alpha value is -7.84. The van der Waals surface area contributed by atoms with Gasteiger partial charge >= 0.3 is 0 Å². The van der Waals surface area contributed by atoms with Crippen LogP contribution in [0.1, 0.15) is 0 Å². The summed E-state index contributed by atoms with van der Waals surface area (Å²) in [5.74, 6) is 1.24. The normalized spacial score (nSPS) is 11.2. The molecular formula is C48H33N7O. The number of imidazole rings is 1. The van der Waals surface area contributed by atoms with Gasteiger partial charge in [-0.05, 0) is 114 Å². The van der Waals surface area contributed by atoms with Crippen molar-refractivity contribution in [1.29, 1.82) is 0 Å². The smallest absolute Gasteiger partial charge is 0.247 e. The summed E-state index contributed by atoms with van der Waals surface area (Å²) in [6, 6.07) is 59.0. The average Bonchev–Trinajstić information content (AvgIpc) is 3.93. The molecule has 0 saturated heterocycles. The highest BCUT2D eigenvalue weighted by Gasteiger charge is 2.16. The van der Waals surface area contributed by atoms with Gasteiger partial charge in [-0.2, -0.15) is 0 Å².